The Kier molecular flexibility index (Phi) is 21.5. The van der Waals surface area contributed by atoms with Crippen LogP contribution in [-0.2, 0) is 0 Å². The topological polar surface area (TPSA) is 64.6 Å². The van der Waals surface area contributed by atoms with E-state index in [1.807, 2.05) is 0 Å². The zero-order chi connectivity index (χ0) is 17.6. The van der Waals surface area contributed by atoms with Crippen LogP contribution < -0.4 is 122 Å². The van der Waals surface area contributed by atoms with Crippen LogP contribution in [-0.4, -0.2) is 13.2 Å². The Hall–Kier alpha value is 0.913. The first-order valence-electron chi connectivity index (χ1n) is 8.45. The Morgan fingerprint density at radius 1 is 0.692 bits per heavy atom. The van der Waals surface area contributed by atoms with Crippen molar-refractivity contribution in [3.63, 3.8) is 0 Å². The molecule has 0 aromatic heterocycles. The molecule has 2 rings (SSSR count). The van der Waals surface area contributed by atoms with Crippen LogP contribution in [0.3, 0.4) is 0 Å². The maximum absolute atomic E-state index is 10.8. The van der Waals surface area contributed by atoms with Gasteiger partial charge in [0.05, 0.1) is 13.2 Å². The predicted molar refractivity (Wildman–Crippen MR) is 92.6 cm³/mol. The van der Waals surface area contributed by atoms with Gasteiger partial charge in [0.15, 0.2) is 0 Å². The fourth-order valence-electron chi connectivity index (χ4n) is 1.77. The van der Waals surface area contributed by atoms with Crippen LogP contribution in [0.5, 0.6) is 23.0 Å². The second-order valence-corrected chi connectivity index (χ2v) is 5.35. The van der Waals surface area contributed by atoms with E-state index in [1.165, 1.54) is 24.3 Å². The Labute approximate surface area is 242 Å². The van der Waals surface area contributed by atoms with Crippen LogP contribution >= 0.6 is 0 Å². The molecule has 0 saturated heterocycles. The van der Waals surface area contributed by atoms with Gasteiger partial charge in [0, 0.05) is 0 Å². The van der Waals surface area contributed by atoms with Crippen molar-refractivity contribution in [3.05, 3.63) is 48.5 Å². The summed E-state index contributed by atoms with van der Waals surface area (Å²) in [6.07, 6.45) is 4.32. The van der Waals surface area contributed by atoms with Crippen LogP contribution in [0.4, 0.5) is 0 Å². The van der Waals surface area contributed by atoms with Gasteiger partial charge in [-0.2, -0.15) is 0 Å². The third-order valence-electron chi connectivity index (χ3n) is 3.16. The number of benzene rings is 2. The number of ether oxygens (including phenoxy) is 2. The van der Waals surface area contributed by atoms with Crippen molar-refractivity contribution in [3.8, 4) is 23.0 Å². The molecule has 0 aliphatic heterocycles. The molecule has 0 saturated carbocycles. The number of hydrogen-bond acceptors (Lipinski definition) is 4. The second kappa shape index (κ2) is 19.2. The van der Waals surface area contributed by atoms with E-state index in [0.717, 1.165) is 38.0 Å². The first-order valence-corrected chi connectivity index (χ1v) is 8.45. The summed E-state index contributed by atoms with van der Waals surface area (Å²) in [6.45, 7) is 5.64. The standard InChI is InChI=1S/2C10H14O2.2K/c1-2-3-8-12-10-6-4-9(11)5-7-10;1-2-3-7-12-10-6-4-5-9(11)8-10;;/h4-7,11H,2-3,8H2,1H3;4-6,8,11H,2-3,7H2,1H3;;/q;;2*+1/p-2. The van der Waals surface area contributed by atoms with E-state index in [0.29, 0.717) is 12.4 Å². The molecule has 0 unspecified atom stereocenters. The number of unbranched alkanes of at least 4 members (excludes halogenated alkanes) is 2. The molecule has 2 aromatic carbocycles. The van der Waals surface area contributed by atoms with E-state index in [9.17, 15) is 10.2 Å². The quantitative estimate of drug-likeness (QED) is 0.370. The molecule has 0 spiro atoms. The van der Waals surface area contributed by atoms with Gasteiger partial charge in [0.2, 0.25) is 0 Å². The molecule has 0 bridgehead atoms. The van der Waals surface area contributed by atoms with Crippen molar-refractivity contribution in [1.29, 1.82) is 0 Å². The molecule has 0 fully saturated rings. The van der Waals surface area contributed by atoms with Crippen LogP contribution in [0.15, 0.2) is 48.5 Å². The third kappa shape index (κ3) is 14.9. The molecule has 132 valence electrons. The number of hydrogen-bond donors (Lipinski definition) is 0. The van der Waals surface area contributed by atoms with E-state index in [-0.39, 0.29) is 114 Å². The van der Waals surface area contributed by atoms with Crippen molar-refractivity contribution in [2.75, 3.05) is 13.2 Å². The molecule has 0 atom stereocenters. The molecule has 0 heterocycles. The van der Waals surface area contributed by atoms with Crippen molar-refractivity contribution in [1.82, 2.24) is 0 Å². The summed E-state index contributed by atoms with van der Waals surface area (Å²) in [5.74, 6) is 1.49. The fourth-order valence-corrected chi connectivity index (χ4v) is 1.77. The molecule has 6 heteroatoms. The third-order valence-corrected chi connectivity index (χ3v) is 3.16. The maximum Gasteiger partial charge on any atom is 1.00 e. The van der Waals surface area contributed by atoms with Crippen LogP contribution in [0, 0.1) is 0 Å². The molecule has 0 radical (unpaired) electrons. The van der Waals surface area contributed by atoms with Gasteiger partial charge < -0.3 is 19.7 Å². The molecule has 26 heavy (non-hydrogen) atoms. The summed E-state index contributed by atoms with van der Waals surface area (Å²) in [6, 6.07) is 13.0. The van der Waals surface area contributed by atoms with Crippen LogP contribution in [0.1, 0.15) is 39.5 Å². The molecule has 0 amide bonds. The van der Waals surface area contributed by atoms with Gasteiger partial charge in [-0.3, -0.25) is 0 Å². The first kappa shape index (κ1) is 29.1. The minimum Gasteiger partial charge on any atom is -0.872 e. The SMILES string of the molecule is CCCCOc1ccc([O-])cc1.CCCCOc1cccc([O-])c1.[K+].[K+]. The molecule has 0 aliphatic carbocycles. The minimum absolute atomic E-state index is 0. The predicted octanol–water partition coefficient (Wildman–Crippen LogP) is -2.11. The average molecular weight is 409 g/mol. The molecule has 0 N–H and O–H groups in total. The average Bonchev–Trinajstić information content (AvgIpc) is 2.58. The van der Waals surface area contributed by atoms with Gasteiger partial charge in [0.1, 0.15) is 11.5 Å². The first-order chi connectivity index (χ1) is 11.7. The summed E-state index contributed by atoms with van der Waals surface area (Å²) < 4.78 is 10.7. The molecule has 2 aromatic rings. The van der Waals surface area contributed by atoms with Gasteiger partial charge in [-0.05, 0) is 37.1 Å². The van der Waals surface area contributed by atoms with Crippen molar-refractivity contribution < 1.29 is 122 Å². The summed E-state index contributed by atoms with van der Waals surface area (Å²) in [5, 5.41) is 21.5. The van der Waals surface area contributed by atoms with E-state index in [2.05, 4.69) is 13.8 Å². The molecule has 4 nitrogen and oxygen atoms in total. The Morgan fingerprint density at radius 3 is 1.73 bits per heavy atom. The largest absolute Gasteiger partial charge is 1.00 e. The monoisotopic (exact) mass is 408 g/mol. The van der Waals surface area contributed by atoms with E-state index >= 15 is 0 Å². The normalized spacial score (nSPS) is 9.00. The Balaban J connectivity index is 0. The Morgan fingerprint density at radius 2 is 1.23 bits per heavy atom. The van der Waals surface area contributed by atoms with E-state index in [1.54, 1.807) is 24.3 Å². The minimum atomic E-state index is 0. The van der Waals surface area contributed by atoms with Gasteiger partial charge in [-0.25, -0.2) is 0 Å². The van der Waals surface area contributed by atoms with Gasteiger partial charge in [-0.15, -0.1) is 11.5 Å². The van der Waals surface area contributed by atoms with Crippen LogP contribution in [0.2, 0.25) is 0 Å². The van der Waals surface area contributed by atoms with Gasteiger partial charge >= 0.3 is 103 Å². The zero-order valence-corrected chi connectivity index (χ0v) is 22.7. The molecular formula is C20H26K2O4. The molecular weight excluding hydrogens is 382 g/mol. The van der Waals surface area contributed by atoms with Crippen molar-refractivity contribution in [2.45, 2.75) is 39.5 Å². The molecule has 0 aliphatic rings. The maximum atomic E-state index is 10.8. The van der Waals surface area contributed by atoms with Crippen LogP contribution in [0.25, 0.3) is 0 Å². The van der Waals surface area contributed by atoms with Gasteiger partial charge in [-0.1, -0.05) is 51.0 Å². The van der Waals surface area contributed by atoms with Crippen molar-refractivity contribution >= 4 is 0 Å². The van der Waals surface area contributed by atoms with E-state index < -0.39 is 0 Å². The number of rotatable bonds is 8. The Bertz CT molecular complexity index is 562. The summed E-state index contributed by atoms with van der Waals surface area (Å²) >= 11 is 0. The van der Waals surface area contributed by atoms with Gasteiger partial charge in [0.25, 0.3) is 0 Å². The van der Waals surface area contributed by atoms with E-state index in [4.69, 9.17) is 9.47 Å². The van der Waals surface area contributed by atoms with Crippen molar-refractivity contribution in [2.24, 2.45) is 0 Å². The fraction of sp³-hybridized carbons (Fsp3) is 0.400. The second-order valence-electron chi connectivity index (χ2n) is 5.35. The summed E-state index contributed by atoms with van der Waals surface area (Å²) in [5.41, 5.74) is 0. The summed E-state index contributed by atoms with van der Waals surface area (Å²) in [4.78, 5) is 0. The smallest absolute Gasteiger partial charge is 0.872 e. The summed E-state index contributed by atoms with van der Waals surface area (Å²) in [7, 11) is 0. The zero-order valence-electron chi connectivity index (χ0n) is 16.5.